The van der Waals surface area contributed by atoms with Crippen molar-refractivity contribution in [3.8, 4) is 5.75 Å². The fourth-order valence-electron chi connectivity index (χ4n) is 2.75. The smallest absolute Gasteiger partial charge is 0.264 e. The van der Waals surface area contributed by atoms with Crippen LogP contribution in [0, 0.1) is 0 Å². The zero-order valence-corrected chi connectivity index (χ0v) is 14.2. The predicted octanol–water partition coefficient (Wildman–Crippen LogP) is 3.78. The summed E-state index contributed by atoms with van der Waals surface area (Å²) in [6.07, 6.45) is 3.91. The van der Waals surface area contributed by atoms with Gasteiger partial charge in [0.25, 0.3) is 5.91 Å². The Kier molecular flexibility index (Phi) is 3.82. The highest BCUT2D eigenvalue weighted by Crippen LogP contribution is 2.30. The molecule has 0 bridgehead atoms. The van der Waals surface area contributed by atoms with Crippen molar-refractivity contribution < 1.29 is 9.90 Å². The number of carbonyl (C=O) groups is 1. The molecule has 0 aliphatic carbocycles. The predicted molar refractivity (Wildman–Crippen MR) is 102 cm³/mol. The van der Waals surface area contributed by atoms with E-state index in [9.17, 15) is 9.90 Å². The summed E-state index contributed by atoms with van der Waals surface area (Å²) in [5, 5.41) is 13.7. The van der Waals surface area contributed by atoms with E-state index in [1.807, 2.05) is 42.1 Å². The number of nitrogens with one attached hydrogen (secondary N) is 1. The maximum atomic E-state index is 12.2. The van der Waals surface area contributed by atoms with Gasteiger partial charge in [-0.2, -0.15) is 0 Å². The molecule has 2 heterocycles. The van der Waals surface area contributed by atoms with Crippen molar-refractivity contribution in [1.29, 1.82) is 0 Å². The number of aliphatic imine (C=N–C) groups is 1. The fraction of sp³-hybridized carbons (Fsp3) is 0.0526. The van der Waals surface area contributed by atoms with Gasteiger partial charge in [0.2, 0.25) is 0 Å². The van der Waals surface area contributed by atoms with Gasteiger partial charge < -0.3 is 15.0 Å². The Morgan fingerprint density at radius 3 is 2.72 bits per heavy atom. The number of carbonyl (C=O) groups excluding carboxylic acids is 1. The standard InChI is InChI=1S/C19H15N3O2S/c1-22-11-12(15-4-2-3-5-16(15)22)10-17-18(24)21-19(25-17)20-13-6-8-14(23)9-7-13/h2-11,23H,1H3,(H,20,21,24)/b17-10+. The average molecular weight is 349 g/mol. The van der Waals surface area contributed by atoms with Crippen LogP contribution < -0.4 is 5.32 Å². The van der Waals surface area contributed by atoms with Crippen LogP contribution in [0.2, 0.25) is 0 Å². The summed E-state index contributed by atoms with van der Waals surface area (Å²) in [5.41, 5.74) is 2.80. The van der Waals surface area contributed by atoms with Gasteiger partial charge in [-0.1, -0.05) is 18.2 Å². The van der Waals surface area contributed by atoms with Gasteiger partial charge in [-0.25, -0.2) is 4.99 Å². The number of phenols is 1. The molecule has 1 fully saturated rings. The van der Waals surface area contributed by atoms with Crippen LogP contribution in [0.5, 0.6) is 5.75 Å². The number of para-hydroxylation sites is 1. The maximum Gasteiger partial charge on any atom is 0.264 e. The van der Waals surface area contributed by atoms with E-state index in [0.29, 0.717) is 15.8 Å². The molecular formula is C19H15N3O2S. The number of rotatable bonds is 2. The molecule has 25 heavy (non-hydrogen) atoms. The molecule has 1 amide bonds. The van der Waals surface area contributed by atoms with Crippen molar-refractivity contribution in [2.45, 2.75) is 0 Å². The highest BCUT2D eigenvalue weighted by Gasteiger charge is 2.24. The molecule has 1 saturated heterocycles. The molecule has 0 saturated carbocycles. The van der Waals surface area contributed by atoms with Gasteiger partial charge in [0, 0.05) is 29.7 Å². The molecule has 0 unspecified atom stereocenters. The number of nitrogens with zero attached hydrogens (tertiary/aromatic N) is 2. The summed E-state index contributed by atoms with van der Waals surface area (Å²) >= 11 is 1.31. The number of phenolic OH excluding ortho intramolecular Hbond substituents is 1. The Labute approximate surface area is 148 Å². The third-order valence-electron chi connectivity index (χ3n) is 3.95. The van der Waals surface area contributed by atoms with Crippen LogP contribution in [0.25, 0.3) is 17.0 Å². The van der Waals surface area contributed by atoms with Crippen molar-refractivity contribution in [3.63, 3.8) is 0 Å². The summed E-state index contributed by atoms with van der Waals surface area (Å²) in [6, 6.07) is 14.6. The molecule has 3 aromatic rings. The molecule has 2 N–H and O–H groups in total. The second-order valence-corrected chi connectivity index (χ2v) is 6.74. The minimum Gasteiger partial charge on any atom is -0.508 e. The number of benzene rings is 2. The number of hydrogen-bond donors (Lipinski definition) is 2. The normalized spacial score (nSPS) is 17.6. The van der Waals surface area contributed by atoms with Crippen LogP contribution in [0.1, 0.15) is 5.56 Å². The minimum atomic E-state index is -0.157. The third-order valence-corrected chi connectivity index (χ3v) is 4.86. The number of thioether (sulfide) groups is 1. The number of aromatic hydroxyl groups is 1. The molecule has 6 heteroatoms. The minimum absolute atomic E-state index is 0.157. The first-order valence-corrected chi connectivity index (χ1v) is 8.54. The van der Waals surface area contributed by atoms with E-state index >= 15 is 0 Å². The van der Waals surface area contributed by atoms with E-state index in [2.05, 4.69) is 16.4 Å². The molecule has 1 aromatic heterocycles. The number of aryl methyl sites for hydroxylation is 1. The molecule has 1 aliphatic heterocycles. The molecule has 1 aliphatic rings. The number of hydrogen-bond acceptors (Lipinski definition) is 4. The van der Waals surface area contributed by atoms with E-state index in [1.54, 1.807) is 24.3 Å². The quantitative estimate of drug-likeness (QED) is 0.692. The number of fused-ring (bicyclic) bond motifs is 1. The molecule has 2 aromatic carbocycles. The van der Waals surface area contributed by atoms with Crippen molar-refractivity contribution >= 4 is 45.5 Å². The SMILES string of the molecule is Cn1cc(/C=C2/SC(=Nc3ccc(O)cc3)NC2=O)c2ccccc21. The monoisotopic (exact) mass is 349 g/mol. The Hall–Kier alpha value is -2.99. The lowest BCUT2D eigenvalue weighted by Crippen LogP contribution is -2.19. The van der Waals surface area contributed by atoms with Crippen molar-refractivity contribution in [1.82, 2.24) is 9.88 Å². The first kappa shape index (κ1) is 15.5. The van der Waals surface area contributed by atoms with Crippen molar-refractivity contribution in [3.05, 3.63) is 65.2 Å². The maximum absolute atomic E-state index is 12.2. The zero-order valence-electron chi connectivity index (χ0n) is 13.4. The van der Waals surface area contributed by atoms with Crippen LogP contribution in [0.4, 0.5) is 5.69 Å². The van der Waals surface area contributed by atoms with E-state index < -0.39 is 0 Å². The van der Waals surface area contributed by atoms with Crippen LogP contribution in [-0.2, 0) is 11.8 Å². The van der Waals surface area contributed by atoms with Gasteiger partial charge in [0.15, 0.2) is 5.17 Å². The molecule has 5 nitrogen and oxygen atoms in total. The van der Waals surface area contributed by atoms with E-state index in [4.69, 9.17) is 0 Å². The Morgan fingerprint density at radius 2 is 1.92 bits per heavy atom. The average Bonchev–Trinajstić information content (AvgIpc) is 3.11. The lowest BCUT2D eigenvalue weighted by atomic mass is 10.1. The van der Waals surface area contributed by atoms with Crippen molar-refractivity contribution in [2.24, 2.45) is 12.0 Å². The van der Waals surface area contributed by atoms with Gasteiger partial charge in [-0.05, 0) is 48.2 Å². The van der Waals surface area contributed by atoms with Gasteiger partial charge in [-0.3, -0.25) is 4.79 Å². The van der Waals surface area contributed by atoms with E-state index in [1.165, 1.54) is 11.8 Å². The van der Waals surface area contributed by atoms with Crippen LogP contribution in [0.15, 0.2) is 64.6 Å². The fourth-order valence-corrected chi connectivity index (χ4v) is 3.59. The van der Waals surface area contributed by atoms with Crippen molar-refractivity contribution in [2.75, 3.05) is 0 Å². The lowest BCUT2D eigenvalue weighted by Gasteiger charge is -1.96. The first-order chi connectivity index (χ1) is 12.1. The Balaban J connectivity index is 1.66. The number of amides is 1. The first-order valence-electron chi connectivity index (χ1n) is 7.73. The Bertz CT molecular complexity index is 1030. The molecular weight excluding hydrogens is 334 g/mol. The molecule has 124 valence electrons. The summed E-state index contributed by atoms with van der Waals surface area (Å²) in [5.74, 6) is 0.0269. The van der Waals surface area contributed by atoms with Crippen LogP contribution >= 0.6 is 11.8 Å². The van der Waals surface area contributed by atoms with E-state index in [0.717, 1.165) is 16.5 Å². The highest BCUT2D eigenvalue weighted by molar-refractivity contribution is 8.18. The highest BCUT2D eigenvalue weighted by atomic mass is 32.2. The van der Waals surface area contributed by atoms with Gasteiger partial charge in [0.1, 0.15) is 5.75 Å². The summed E-state index contributed by atoms with van der Waals surface area (Å²) < 4.78 is 2.05. The number of amidine groups is 1. The molecule has 0 spiro atoms. The zero-order chi connectivity index (χ0) is 17.4. The van der Waals surface area contributed by atoms with Crippen LogP contribution in [0.3, 0.4) is 0 Å². The lowest BCUT2D eigenvalue weighted by molar-refractivity contribution is -0.115. The second-order valence-electron chi connectivity index (χ2n) is 5.71. The van der Waals surface area contributed by atoms with Gasteiger partial charge >= 0.3 is 0 Å². The summed E-state index contributed by atoms with van der Waals surface area (Å²) in [7, 11) is 1.99. The number of aromatic nitrogens is 1. The molecule has 0 atom stereocenters. The molecule has 4 rings (SSSR count). The second kappa shape index (κ2) is 6.14. The van der Waals surface area contributed by atoms with E-state index in [-0.39, 0.29) is 11.7 Å². The Morgan fingerprint density at radius 1 is 1.16 bits per heavy atom. The van der Waals surface area contributed by atoms with Gasteiger partial charge in [-0.15, -0.1) is 0 Å². The van der Waals surface area contributed by atoms with Gasteiger partial charge in [0.05, 0.1) is 10.6 Å². The topological polar surface area (TPSA) is 66.6 Å². The third kappa shape index (κ3) is 3.04. The summed E-state index contributed by atoms with van der Waals surface area (Å²) in [6.45, 7) is 0. The van der Waals surface area contributed by atoms with Crippen LogP contribution in [-0.4, -0.2) is 20.7 Å². The largest absolute Gasteiger partial charge is 0.508 e. The summed E-state index contributed by atoms with van der Waals surface area (Å²) in [4.78, 5) is 17.3. The molecule has 0 radical (unpaired) electrons.